The van der Waals surface area contributed by atoms with Gasteiger partial charge < -0.3 is 9.47 Å². The molecule has 1 aliphatic rings. The minimum Gasteiger partial charge on any atom is -0.490 e. The average molecular weight is 678 g/mol. The van der Waals surface area contributed by atoms with Crippen molar-refractivity contribution in [1.82, 2.24) is 4.90 Å². The van der Waals surface area contributed by atoms with E-state index in [4.69, 9.17) is 9.47 Å². The third-order valence-corrected chi connectivity index (χ3v) is 7.73. The predicted octanol–water partition coefficient (Wildman–Crippen LogP) is 7.70. The molecule has 8 heteroatoms. The van der Waals surface area contributed by atoms with Crippen LogP contribution in [0.5, 0.6) is 11.5 Å². The molecule has 36 heavy (non-hydrogen) atoms. The van der Waals surface area contributed by atoms with Gasteiger partial charge in [0.1, 0.15) is 6.61 Å². The standard InChI is InChI=1S/C28H25BrINO4S/c1-2-34-24-16-21(15-23(30)26(24)35-18-20-10-12-22(29)13-11-20)17-25-27(32)31(28(33)36-25)14-6-9-19-7-4-3-5-8-19/h3-5,7-8,10-13,15-17H,2,6,9,14,18H2,1H3/b25-17+. The molecule has 0 aliphatic carbocycles. The third kappa shape index (κ3) is 6.92. The van der Waals surface area contributed by atoms with E-state index in [0.717, 1.165) is 43.8 Å². The maximum atomic E-state index is 13.0. The van der Waals surface area contributed by atoms with E-state index in [1.54, 1.807) is 6.08 Å². The quantitative estimate of drug-likeness (QED) is 0.163. The van der Waals surface area contributed by atoms with Crippen LogP contribution in [0, 0.1) is 3.57 Å². The van der Waals surface area contributed by atoms with E-state index in [1.807, 2.05) is 61.5 Å². The molecule has 0 spiro atoms. The van der Waals surface area contributed by atoms with E-state index < -0.39 is 0 Å². The van der Waals surface area contributed by atoms with Crippen LogP contribution in [-0.2, 0) is 17.8 Å². The number of nitrogens with zero attached hydrogens (tertiary/aromatic N) is 1. The second-order valence-electron chi connectivity index (χ2n) is 8.10. The highest BCUT2D eigenvalue weighted by Gasteiger charge is 2.34. The second kappa shape index (κ2) is 12.8. The maximum Gasteiger partial charge on any atom is 0.293 e. The molecule has 0 N–H and O–H groups in total. The molecule has 5 nitrogen and oxygen atoms in total. The fourth-order valence-corrected chi connectivity index (χ4v) is 5.65. The molecule has 1 aliphatic heterocycles. The van der Waals surface area contributed by atoms with E-state index in [1.165, 1.54) is 10.5 Å². The number of hydrogen-bond acceptors (Lipinski definition) is 5. The molecular formula is C28H25BrINO4S. The first-order chi connectivity index (χ1) is 17.4. The van der Waals surface area contributed by atoms with E-state index in [0.29, 0.717) is 36.2 Å². The van der Waals surface area contributed by atoms with Gasteiger partial charge in [-0.15, -0.1) is 0 Å². The van der Waals surface area contributed by atoms with Crippen molar-refractivity contribution in [2.75, 3.05) is 13.2 Å². The van der Waals surface area contributed by atoms with Gasteiger partial charge in [0.25, 0.3) is 11.1 Å². The summed E-state index contributed by atoms with van der Waals surface area (Å²) in [6, 6.07) is 21.8. The predicted molar refractivity (Wildman–Crippen MR) is 156 cm³/mol. The zero-order valence-corrected chi connectivity index (χ0v) is 24.3. The number of amides is 2. The molecule has 1 heterocycles. The Kier molecular flexibility index (Phi) is 9.50. The van der Waals surface area contributed by atoms with E-state index >= 15 is 0 Å². The SMILES string of the molecule is CCOc1cc(/C=C2/SC(=O)N(CCCc3ccccc3)C2=O)cc(I)c1OCc1ccc(Br)cc1. The highest BCUT2D eigenvalue weighted by Crippen LogP contribution is 2.38. The second-order valence-corrected chi connectivity index (χ2v) is 11.2. The van der Waals surface area contributed by atoms with Gasteiger partial charge in [-0.05, 0) is 101 Å². The van der Waals surface area contributed by atoms with E-state index in [9.17, 15) is 9.59 Å². The van der Waals surface area contributed by atoms with Crippen LogP contribution in [0.3, 0.4) is 0 Å². The molecule has 0 unspecified atom stereocenters. The van der Waals surface area contributed by atoms with Crippen LogP contribution in [0.2, 0.25) is 0 Å². The summed E-state index contributed by atoms with van der Waals surface area (Å²) in [7, 11) is 0. The Labute approximate surface area is 237 Å². The highest BCUT2D eigenvalue weighted by atomic mass is 127. The third-order valence-electron chi connectivity index (χ3n) is 5.49. The van der Waals surface area contributed by atoms with Gasteiger partial charge >= 0.3 is 0 Å². The molecule has 1 saturated heterocycles. The molecule has 1 fully saturated rings. The van der Waals surface area contributed by atoms with Crippen LogP contribution in [0.15, 0.2) is 76.1 Å². The molecule has 0 saturated carbocycles. The number of aryl methyl sites for hydroxylation is 1. The molecule has 0 bridgehead atoms. The van der Waals surface area contributed by atoms with Gasteiger partial charge in [0.15, 0.2) is 11.5 Å². The Balaban J connectivity index is 1.46. The molecule has 3 aromatic carbocycles. The normalized spacial score (nSPS) is 14.5. The van der Waals surface area contributed by atoms with Crippen molar-refractivity contribution in [3.05, 3.63) is 96.4 Å². The summed E-state index contributed by atoms with van der Waals surface area (Å²) in [5, 5.41) is -0.228. The minimum absolute atomic E-state index is 0.228. The van der Waals surface area contributed by atoms with Gasteiger partial charge in [0.05, 0.1) is 15.1 Å². The monoisotopic (exact) mass is 677 g/mol. The highest BCUT2D eigenvalue weighted by molar-refractivity contribution is 14.1. The summed E-state index contributed by atoms with van der Waals surface area (Å²) < 4.78 is 13.8. The lowest BCUT2D eigenvalue weighted by Gasteiger charge is -2.15. The van der Waals surface area contributed by atoms with Crippen LogP contribution in [0.25, 0.3) is 6.08 Å². The molecule has 2 amide bonds. The fourth-order valence-electron chi connectivity index (χ4n) is 3.74. The smallest absolute Gasteiger partial charge is 0.293 e. The molecule has 0 aromatic heterocycles. The minimum atomic E-state index is -0.249. The lowest BCUT2D eigenvalue weighted by atomic mass is 10.1. The topological polar surface area (TPSA) is 55.8 Å². The Morgan fingerprint density at radius 2 is 1.75 bits per heavy atom. The number of hydrogen-bond donors (Lipinski definition) is 0. The maximum absolute atomic E-state index is 13.0. The first kappa shape index (κ1) is 26.8. The van der Waals surface area contributed by atoms with Gasteiger partial charge in [0, 0.05) is 11.0 Å². The van der Waals surface area contributed by atoms with Crippen LogP contribution in [0.1, 0.15) is 30.0 Å². The Bertz CT molecular complexity index is 1260. The van der Waals surface area contributed by atoms with Crippen molar-refractivity contribution in [2.24, 2.45) is 0 Å². The van der Waals surface area contributed by atoms with Crippen molar-refractivity contribution in [3.8, 4) is 11.5 Å². The summed E-state index contributed by atoms with van der Waals surface area (Å²) in [5.41, 5.74) is 3.02. The number of imide groups is 1. The molecule has 0 radical (unpaired) electrons. The first-order valence-corrected chi connectivity index (χ1v) is 14.3. The number of halogens is 2. The van der Waals surface area contributed by atoms with Gasteiger partial charge in [-0.3, -0.25) is 14.5 Å². The first-order valence-electron chi connectivity index (χ1n) is 11.6. The van der Waals surface area contributed by atoms with Crippen LogP contribution in [0.4, 0.5) is 4.79 Å². The molecule has 0 atom stereocenters. The zero-order chi connectivity index (χ0) is 25.5. The summed E-state index contributed by atoms with van der Waals surface area (Å²) in [6.45, 7) is 3.21. The number of carbonyl (C=O) groups is 2. The van der Waals surface area contributed by atoms with Crippen molar-refractivity contribution in [3.63, 3.8) is 0 Å². The number of rotatable bonds is 10. The molecule has 3 aromatic rings. The van der Waals surface area contributed by atoms with Gasteiger partial charge in [-0.2, -0.15) is 0 Å². The largest absolute Gasteiger partial charge is 0.490 e. The lowest BCUT2D eigenvalue weighted by molar-refractivity contribution is -0.122. The average Bonchev–Trinajstić information content (AvgIpc) is 3.13. The van der Waals surface area contributed by atoms with E-state index in [-0.39, 0.29) is 11.1 Å². The summed E-state index contributed by atoms with van der Waals surface area (Å²) in [4.78, 5) is 27.3. The number of benzene rings is 3. The Hall–Kier alpha value is -2.30. The van der Waals surface area contributed by atoms with Gasteiger partial charge in [-0.25, -0.2) is 0 Å². The lowest BCUT2D eigenvalue weighted by Crippen LogP contribution is -2.29. The molecule has 186 valence electrons. The van der Waals surface area contributed by atoms with Crippen LogP contribution in [-0.4, -0.2) is 29.2 Å². The Morgan fingerprint density at radius 3 is 2.47 bits per heavy atom. The van der Waals surface area contributed by atoms with Crippen molar-refractivity contribution in [1.29, 1.82) is 0 Å². The number of carbonyl (C=O) groups excluding carboxylic acids is 2. The van der Waals surface area contributed by atoms with Gasteiger partial charge in [-0.1, -0.05) is 58.4 Å². The van der Waals surface area contributed by atoms with Crippen molar-refractivity contribution in [2.45, 2.75) is 26.4 Å². The van der Waals surface area contributed by atoms with Crippen LogP contribution < -0.4 is 9.47 Å². The van der Waals surface area contributed by atoms with Crippen LogP contribution >= 0.6 is 50.3 Å². The van der Waals surface area contributed by atoms with Crippen molar-refractivity contribution < 1.29 is 19.1 Å². The number of thioether (sulfide) groups is 1. The van der Waals surface area contributed by atoms with E-state index in [2.05, 4.69) is 50.7 Å². The number of ether oxygens (including phenoxy) is 2. The summed E-state index contributed by atoms with van der Waals surface area (Å²) >= 11 is 6.64. The zero-order valence-electron chi connectivity index (χ0n) is 19.7. The molecule has 4 rings (SSSR count). The van der Waals surface area contributed by atoms with Gasteiger partial charge in [0.2, 0.25) is 0 Å². The fraction of sp³-hybridized carbons (Fsp3) is 0.214. The van der Waals surface area contributed by atoms with Crippen molar-refractivity contribution >= 4 is 67.5 Å². The molecular weight excluding hydrogens is 653 g/mol. The summed E-state index contributed by atoms with van der Waals surface area (Å²) in [6.07, 6.45) is 3.30. The Morgan fingerprint density at radius 1 is 1.00 bits per heavy atom. The summed E-state index contributed by atoms with van der Waals surface area (Å²) in [5.74, 6) is 1.02.